The van der Waals surface area contributed by atoms with Gasteiger partial charge in [0.1, 0.15) is 11.7 Å². The average Bonchev–Trinajstić information content (AvgIpc) is 2.69. The zero-order valence-corrected chi connectivity index (χ0v) is 12.4. The Hall–Kier alpha value is -2.51. The number of carboxylic acid groups (broad SMARTS) is 1. The van der Waals surface area contributed by atoms with Crippen LogP contribution in [-0.2, 0) is 4.79 Å². The number of aryl methyl sites for hydroxylation is 1. The second-order valence-corrected chi connectivity index (χ2v) is 5.03. The minimum absolute atomic E-state index is 0.0317. The summed E-state index contributed by atoms with van der Waals surface area (Å²) < 4.78 is 0. The van der Waals surface area contributed by atoms with Crippen molar-refractivity contribution in [2.45, 2.75) is 39.8 Å². The fourth-order valence-electron chi connectivity index (χ4n) is 1.69. The first-order chi connectivity index (χ1) is 9.70. The van der Waals surface area contributed by atoms with Gasteiger partial charge in [-0.2, -0.15) is 0 Å². The second kappa shape index (κ2) is 6.78. The molecule has 5 N–H and O–H groups in total. The lowest BCUT2D eigenvalue weighted by Crippen LogP contribution is -2.48. The molecule has 8 nitrogen and oxygen atoms in total. The molecule has 0 aromatic carbocycles. The maximum Gasteiger partial charge on any atom is 0.354 e. The zero-order valence-electron chi connectivity index (χ0n) is 12.4. The largest absolute Gasteiger partial charge is 0.477 e. The van der Waals surface area contributed by atoms with Gasteiger partial charge in [0.2, 0.25) is 5.91 Å². The van der Waals surface area contributed by atoms with Crippen LogP contribution in [0.5, 0.6) is 0 Å². The van der Waals surface area contributed by atoms with Gasteiger partial charge in [-0.05, 0) is 33.8 Å². The van der Waals surface area contributed by atoms with Crippen LogP contribution < -0.4 is 16.0 Å². The molecule has 0 aliphatic heterocycles. The third-order valence-electron chi connectivity index (χ3n) is 2.59. The summed E-state index contributed by atoms with van der Waals surface area (Å²) in [5.74, 6) is -1.49. The molecule has 8 heteroatoms. The van der Waals surface area contributed by atoms with Gasteiger partial charge < -0.3 is 26.0 Å². The first-order valence-corrected chi connectivity index (χ1v) is 6.51. The molecular weight excluding hydrogens is 276 g/mol. The van der Waals surface area contributed by atoms with Crippen molar-refractivity contribution in [3.63, 3.8) is 0 Å². The van der Waals surface area contributed by atoms with E-state index in [-0.39, 0.29) is 23.3 Å². The van der Waals surface area contributed by atoms with Gasteiger partial charge in [-0.25, -0.2) is 9.59 Å². The van der Waals surface area contributed by atoms with Crippen LogP contribution in [0.15, 0.2) is 6.07 Å². The fraction of sp³-hybridized carbons (Fsp3) is 0.462. The topological polar surface area (TPSA) is 123 Å². The number of nitrogens with one attached hydrogen (secondary N) is 4. The number of aromatic nitrogens is 1. The maximum absolute atomic E-state index is 11.8. The molecule has 0 saturated heterocycles. The number of hydrogen-bond donors (Lipinski definition) is 5. The molecule has 3 amide bonds. The summed E-state index contributed by atoms with van der Waals surface area (Å²) in [7, 11) is 0. The summed E-state index contributed by atoms with van der Waals surface area (Å²) in [4.78, 5) is 37.1. The molecule has 1 atom stereocenters. The number of carbonyl (C=O) groups is 3. The number of H-pyrrole nitrogens is 1. The Morgan fingerprint density at radius 1 is 1.19 bits per heavy atom. The highest BCUT2D eigenvalue weighted by Crippen LogP contribution is 2.16. The Bertz CT molecular complexity index is 550. The van der Waals surface area contributed by atoms with Crippen LogP contribution in [0.1, 0.15) is 37.0 Å². The van der Waals surface area contributed by atoms with Gasteiger partial charge in [0.15, 0.2) is 0 Å². The van der Waals surface area contributed by atoms with Crippen LogP contribution in [0.4, 0.5) is 10.5 Å². The lowest BCUT2D eigenvalue weighted by atomic mass is 10.3. The first-order valence-electron chi connectivity index (χ1n) is 6.51. The van der Waals surface area contributed by atoms with E-state index in [4.69, 9.17) is 5.11 Å². The number of aromatic amines is 1. The number of carbonyl (C=O) groups excluding carboxylic acids is 2. The van der Waals surface area contributed by atoms with Crippen LogP contribution in [0.2, 0.25) is 0 Å². The van der Waals surface area contributed by atoms with Gasteiger partial charge in [-0.15, -0.1) is 0 Å². The molecule has 0 bridgehead atoms. The summed E-state index contributed by atoms with van der Waals surface area (Å²) in [6, 6.07) is 0.0846. The summed E-state index contributed by atoms with van der Waals surface area (Å²) in [5, 5.41) is 16.5. The number of anilines is 1. The Kier molecular flexibility index (Phi) is 5.34. The molecule has 116 valence electrons. The van der Waals surface area contributed by atoms with E-state index in [1.54, 1.807) is 6.92 Å². The molecule has 0 aliphatic carbocycles. The monoisotopic (exact) mass is 296 g/mol. The molecule has 1 aromatic heterocycles. The fourth-order valence-corrected chi connectivity index (χ4v) is 1.69. The minimum atomic E-state index is -1.18. The van der Waals surface area contributed by atoms with E-state index in [0.29, 0.717) is 5.69 Å². The summed E-state index contributed by atoms with van der Waals surface area (Å²) >= 11 is 0. The molecule has 1 heterocycles. The van der Waals surface area contributed by atoms with Crippen molar-refractivity contribution in [2.75, 3.05) is 5.32 Å². The van der Waals surface area contributed by atoms with E-state index < -0.39 is 18.0 Å². The predicted molar refractivity (Wildman–Crippen MR) is 77.4 cm³/mol. The minimum Gasteiger partial charge on any atom is -0.477 e. The predicted octanol–water partition coefficient (Wildman–Crippen LogP) is 1.06. The Labute approximate surface area is 122 Å². The summed E-state index contributed by atoms with van der Waals surface area (Å²) in [6.45, 7) is 6.84. The molecule has 0 spiro atoms. The molecule has 0 aliphatic rings. The quantitative estimate of drug-likeness (QED) is 0.557. The van der Waals surface area contributed by atoms with Gasteiger partial charge in [0.25, 0.3) is 0 Å². The third-order valence-corrected chi connectivity index (χ3v) is 2.59. The van der Waals surface area contributed by atoms with Gasteiger partial charge in [0, 0.05) is 11.7 Å². The van der Waals surface area contributed by atoms with E-state index in [1.165, 1.54) is 13.0 Å². The van der Waals surface area contributed by atoms with Crippen molar-refractivity contribution in [3.05, 3.63) is 17.5 Å². The van der Waals surface area contributed by atoms with E-state index in [2.05, 4.69) is 20.9 Å². The number of aromatic carboxylic acids is 1. The number of amides is 3. The number of hydrogen-bond acceptors (Lipinski definition) is 3. The molecular formula is C13H20N4O4. The number of rotatable bonds is 5. The normalized spacial score (nSPS) is 11.9. The standard InChI is InChI=1S/C13H20N4O4/c1-6(2)14-11(18)8(4)16-13(21)17-9-5-7(3)15-10(9)12(19)20/h5-6,8,15H,1-4H3,(H,14,18)(H,19,20)(H2,16,17,21). The molecule has 0 saturated carbocycles. The highest BCUT2D eigenvalue weighted by molar-refractivity contribution is 6.00. The van der Waals surface area contributed by atoms with Gasteiger partial charge in [0.05, 0.1) is 5.69 Å². The van der Waals surface area contributed by atoms with E-state index in [1.807, 2.05) is 13.8 Å². The molecule has 0 radical (unpaired) electrons. The molecule has 0 fully saturated rings. The SMILES string of the molecule is Cc1cc(NC(=O)NC(C)C(=O)NC(C)C)c(C(=O)O)[nH]1. The van der Waals surface area contributed by atoms with Crippen molar-refractivity contribution in [3.8, 4) is 0 Å². The van der Waals surface area contributed by atoms with E-state index >= 15 is 0 Å². The van der Waals surface area contributed by atoms with Crippen molar-refractivity contribution < 1.29 is 19.5 Å². The van der Waals surface area contributed by atoms with Crippen molar-refractivity contribution in [1.29, 1.82) is 0 Å². The van der Waals surface area contributed by atoms with Crippen LogP contribution in [0.3, 0.4) is 0 Å². The molecule has 1 rings (SSSR count). The smallest absolute Gasteiger partial charge is 0.354 e. The lowest BCUT2D eigenvalue weighted by Gasteiger charge is -2.16. The average molecular weight is 296 g/mol. The lowest BCUT2D eigenvalue weighted by molar-refractivity contribution is -0.123. The Morgan fingerprint density at radius 3 is 2.33 bits per heavy atom. The second-order valence-electron chi connectivity index (χ2n) is 5.03. The number of urea groups is 1. The van der Waals surface area contributed by atoms with Crippen LogP contribution in [0, 0.1) is 6.92 Å². The van der Waals surface area contributed by atoms with Crippen LogP contribution in [-0.4, -0.2) is 40.1 Å². The maximum atomic E-state index is 11.8. The molecule has 21 heavy (non-hydrogen) atoms. The Balaban J connectivity index is 2.66. The number of carboxylic acids is 1. The van der Waals surface area contributed by atoms with E-state index in [0.717, 1.165) is 0 Å². The van der Waals surface area contributed by atoms with Crippen molar-refractivity contribution in [1.82, 2.24) is 15.6 Å². The third kappa shape index (κ3) is 4.83. The van der Waals surface area contributed by atoms with Gasteiger partial charge >= 0.3 is 12.0 Å². The molecule has 1 aromatic rings. The van der Waals surface area contributed by atoms with Crippen molar-refractivity contribution in [2.24, 2.45) is 0 Å². The highest BCUT2D eigenvalue weighted by atomic mass is 16.4. The van der Waals surface area contributed by atoms with Gasteiger partial charge in [-0.1, -0.05) is 0 Å². The summed E-state index contributed by atoms with van der Waals surface area (Å²) in [5.41, 5.74) is 0.643. The van der Waals surface area contributed by atoms with Crippen molar-refractivity contribution >= 4 is 23.6 Å². The highest BCUT2D eigenvalue weighted by Gasteiger charge is 2.19. The zero-order chi connectivity index (χ0) is 16.2. The first kappa shape index (κ1) is 16.5. The molecule has 1 unspecified atom stereocenters. The van der Waals surface area contributed by atoms with Gasteiger partial charge in [-0.3, -0.25) is 4.79 Å². The summed E-state index contributed by atoms with van der Waals surface area (Å²) in [6.07, 6.45) is 0. The van der Waals surface area contributed by atoms with E-state index in [9.17, 15) is 14.4 Å². The Morgan fingerprint density at radius 2 is 1.81 bits per heavy atom. The van der Waals surface area contributed by atoms with Crippen LogP contribution in [0.25, 0.3) is 0 Å². The van der Waals surface area contributed by atoms with Crippen LogP contribution >= 0.6 is 0 Å².